The summed E-state index contributed by atoms with van der Waals surface area (Å²) in [7, 11) is 0. The van der Waals surface area contributed by atoms with E-state index in [2.05, 4.69) is 38.4 Å². The van der Waals surface area contributed by atoms with Gasteiger partial charge in [-0.25, -0.2) is 4.98 Å². The van der Waals surface area contributed by atoms with Crippen LogP contribution in [0.5, 0.6) is 0 Å². The van der Waals surface area contributed by atoms with Gasteiger partial charge in [-0.3, -0.25) is 4.90 Å². The molecule has 1 aliphatic rings. The Labute approximate surface area is 99.9 Å². The average molecular weight is 281 g/mol. The minimum absolute atomic E-state index is 0.875. The van der Waals surface area contributed by atoms with Crippen molar-refractivity contribution in [3.63, 3.8) is 0 Å². The molecule has 1 aliphatic heterocycles. The summed E-state index contributed by atoms with van der Waals surface area (Å²) < 4.78 is 0.875. The maximum atomic E-state index is 4.38. The molecule has 75 valence electrons. The average Bonchev–Trinajstić information content (AvgIpc) is 2.83. The zero-order valence-corrected chi connectivity index (χ0v) is 10.0. The number of para-hydroxylation sites is 2. The number of fused-ring (bicyclic) bond motifs is 1. The summed E-state index contributed by atoms with van der Waals surface area (Å²) in [6.45, 7) is 1.93. The largest absolute Gasteiger partial charge is 0.360 e. The highest BCUT2D eigenvalue weighted by Gasteiger charge is 2.21. The normalized spacial score (nSPS) is 13.8. The molecule has 0 amide bonds. The maximum absolute atomic E-state index is 4.38. The molecule has 15 heavy (non-hydrogen) atoms. The zero-order valence-electron chi connectivity index (χ0n) is 7.64. The van der Waals surface area contributed by atoms with Crippen molar-refractivity contribution in [3.05, 3.63) is 40.9 Å². The predicted molar refractivity (Wildman–Crippen MR) is 66.3 cm³/mol. The van der Waals surface area contributed by atoms with Crippen molar-refractivity contribution >= 4 is 43.8 Å². The van der Waals surface area contributed by atoms with Crippen molar-refractivity contribution in [3.8, 4) is 0 Å². The van der Waals surface area contributed by atoms with Crippen LogP contribution < -0.4 is 10.2 Å². The number of benzene rings is 1. The Morgan fingerprint density at radius 2 is 2.20 bits per heavy atom. The van der Waals surface area contributed by atoms with Crippen molar-refractivity contribution in [2.75, 3.05) is 10.2 Å². The van der Waals surface area contributed by atoms with Crippen molar-refractivity contribution in [1.82, 2.24) is 4.98 Å². The number of aromatic nitrogens is 1. The molecule has 0 fully saturated rings. The number of thiazole rings is 1. The summed E-state index contributed by atoms with van der Waals surface area (Å²) in [6, 6.07) is 8.16. The molecule has 1 aromatic carbocycles. The fraction of sp³-hybridized carbons (Fsp3) is 0. The van der Waals surface area contributed by atoms with E-state index in [-0.39, 0.29) is 0 Å². The summed E-state index contributed by atoms with van der Waals surface area (Å²) in [4.78, 5) is 6.43. The molecule has 5 heteroatoms. The molecule has 0 saturated carbocycles. The van der Waals surface area contributed by atoms with Gasteiger partial charge in [0.1, 0.15) is 11.3 Å². The Balaban J connectivity index is 2.04. The Bertz CT molecular complexity index is 497. The molecule has 0 unspecified atom stereocenters. The summed E-state index contributed by atoms with van der Waals surface area (Å²) in [5.41, 5.74) is 2.25. The van der Waals surface area contributed by atoms with Gasteiger partial charge in [-0.05, 0) is 28.1 Å². The molecule has 0 bridgehead atoms. The van der Waals surface area contributed by atoms with Crippen LogP contribution >= 0.6 is 27.3 Å². The van der Waals surface area contributed by atoms with Crippen LogP contribution in [0.1, 0.15) is 0 Å². The number of nitrogens with one attached hydrogen (secondary N) is 1. The van der Waals surface area contributed by atoms with Crippen molar-refractivity contribution < 1.29 is 0 Å². The highest BCUT2D eigenvalue weighted by Crippen LogP contribution is 2.39. The lowest BCUT2D eigenvalue weighted by molar-refractivity contribution is 1.18. The number of rotatable bonds is 1. The second-order valence-electron chi connectivity index (χ2n) is 3.11. The third-order valence-corrected chi connectivity index (χ3v) is 3.73. The van der Waals surface area contributed by atoms with Gasteiger partial charge in [0.25, 0.3) is 0 Å². The van der Waals surface area contributed by atoms with Crippen molar-refractivity contribution in [2.45, 2.75) is 0 Å². The van der Waals surface area contributed by atoms with Crippen molar-refractivity contribution in [1.29, 1.82) is 0 Å². The third-order valence-electron chi connectivity index (χ3n) is 2.18. The first-order valence-corrected chi connectivity index (χ1v) is 6.11. The zero-order chi connectivity index (χ0) is 10.3. The van der Waals surface area contributed by atoms with Crippen LogP contribution in [0, 0.1) is 6.67 Å². The number of nitrogens with zero attached hydrogens (tertiary/aromatic N) is 2. The van der Waals surface area contributed by atoms with E-state index >= 15 is 0 Å². The van der Waals surface area contributed by atoms with E-state index in [1.165, 1.54) is 0 Å². The SMILES string of the molecule is Brc1csc(N2[CH]Nc3ccccc32)n1. The Hall–Kier alpha value is -1.07. The summed E-state index contributed by atoms with van der Waals surface area (Å²) in [5.74, 6) is 0. The van der Waals surface area contributed by atoms with E-state index in [0.29, 0.717) is 0 Å². The van der Waals surface area contributed by atoms with Gasteiger partial charge < -0.3 is 5.32 Å². The molecule has 2 heterocycles. The van der Waals surface area contributed by atoms with Gasteiger partial charge in [0.15, 0.2) is 5.13 Å². The molecule has 2 aromatic rings. The molecule has 1 radical (unpaired) electrons. The summed E-state index contributed by atoms with van der Waals surface area (Å²) in [5, 5.41) is 6.14. The minimum Gasteiger partial charge on any atom is -0.360 e. The van der Waals surface area contributed by atoms with E-state index in [1.807, 2.05) is 29.1 Å². The third kappa shape index (κ3) is 1.52. The van der Waals surface area contributed by atoms with Gasteiger partial charge in [0, 0.05) is 5.38 Å². The molecule has 0 saturated heterocycles. The molecule has 3 nitrogen and oxygen atoms in total. The molecule has 1 aromatic heterocycles. The van der Waals surface area contributed by atoms with E-state index in [9.17, 15) is 0 Å². The molecule has 0 atom stereocenters. The van der Waals surface area contributed by atoms with Crippen LogP contribution in [0.2, 0.25) is 0 Å². The highest BCUT2D eigenvalue weighted by molar-refractivity contribution is 9.10. The Morgan fingerprint density at radius 3 is 3.00 bits per heavy atom. The van der Waals surface area contributed by atoms with Gasteiger partial charge >= 0.3 is 0 Å². The maximum Gasteiger partial charge on any atom is 0.192 e. The quantitative estimate of drug-likeness (QED) is 0.865. The summed E-state index contributed by atoms with van der Waals surface area (Å²) >= 11 is 4.96. The predicted octanol–water partition coefficient (Wildman–Crippen LogP) is 3.59. The Kier molecular flexibility index (Phi) is 2.14. The van der Waals surface area contributed by atoms with Crippen LogP contribution in [0.4, 0.5) is 16.5 Å². The number of hydrogen-bond acceptors (Lipinski definition) is 4. The van der Waals surface area contributed by atoms with Gasteiger partial charge in [0.2, 0.25) is 0 Å². The molecular weight excluding hydrogens is 274 g/mol. The smallest absolute Gasteiger partial charge is 0.192 e. The standard InChI is InChI=1S/C10H7BrN3S/c11-9-5-15-10(13-9)14-6-12-7-3-1-2-4-8(7)14/h1-6,12H. The lowest BCUT2D eigenvalue weighted by atomic mass is 10.3. The van der Waals surface area contributed by atoms with Crippen LogP contribution in [0.15, 0.2) is 34.2 Å². The van der Waals surface area contributed by atoms with E-state index in [4.69, 9.17) is 0 Å². The van der Waals surface area contributed by atoms with E-state index in [1.54, 1.807) is 11.3 Å². The van der Waals surface area contributed by atoms with Crippen LogP contribution in [-0.4, -0.2) is 4.98 Å². The van der Waals surface area contributed by atoms with Gasteiger partial charge in [-0.1, -0.05) is 12.1 Å². The summed E-state index contributed by atoms with van der Waals surface area (Å²) in [6.07, 6.45) is 0. The molecule has 3 rings (SSSR count). The lowest BCUT2D eigenvalue weighted by Gasteiger charge is -2.12. The second kappa shape index (κ2) is 3.50. The molecule has 1 N–H and O–H groups in total. The first-order chi connectivity index (χ1) is 7.34. The van der Waals surface area contributed by atoms with Gasteiger partial charge in [-0.15, -0.1) is 11.3 Å². The monoisotopic (exact) mass is 280 g/mol. The number of anilines is 3. The van der Waals surface area contributed by atoms with Crippen LogP contribution in [-0.2, 0) is 0 Å². The lowest BCUT2D eigenvalue weighted by Crippen LogP contribution is -2.09. The first kappa shape index (κ1) is 9.18. The molecule has 0 aliphatic carbocycles. The number of hydrogen-bond donors (Lipinski definition) is 1. The first-order valence-electron chi connectivity index (χ1n) is 4.44. The fourth-order valence-electron chi connectivity index (χ4n) is 1.52. The molecular formula is C10H7BrN3S. The van der Waals surface area contributed by atoms with Gasteiger partial charge in [-0.2, -0.15) is 0 Å². The topological polar surface area (TPSA) is 28.2 Å². The number of halogens is 1. The van der Waals surface area contributed by atoms with Crippen LogP contribution in [0.25, 0.3) is 0 Å². The molecule has 0 spiro atoms. The van der Waals surface area contributed by atoms with E-state index in [0.717, 1.165) is 21.1 Å². The van der Waals surface area contributed by atoms with Crippen LogP contribution in [0.3, 0.4) is 0 Å². The van der Waals surface area contributed by atoms with E-state index < -0.39 is 0 Å². The van der Waals surface area contributed by atoms with Gasteiger partial charge in [0.05, 0.1) is 11.4 Å². The fourth-order valence-corrected chi connectivity index (χ4v) is 2.76. The minimum atomic E-state index is 0.875. The highest BCUT2D eigenvalue weighted by atomic mass is 79.9. The van der Waals surface area contributed by atoms with Crippen molar-refractivity contribution in [2.24, 2.45) is 0 Å². The Morgan fingerprint density at radius 1 is 1.33 bits per heavy atom. The second-order valence-corrected chi connectivity index (χ2v) is 4.76.